The molecule has 1 aromatic rings. The molecule has 100 valence electrons. The van der Waals surface area contributed by atoms with Crippen molar-refractivity contribution in [2.24, 2.45) is 0 Å². The van der Waals surface area contributed by atoms with Crippen LogP contribution in [0.3, 0.4) is 0 Å². The van der Waals surface area contributed by atoms with Crippen LogP contribution in [0.5, 0.6) is 0 Å². The number of likely N-dealkylation sites (N-methyl/N-ethyl adjacent to an activating group) is 1. The van der Waals surface area contributed by atoms with Crippen molar-refractivity contribution < 1.29 is 9.90 Å². The van der Waals surface area contributed by atoms with E-state index in [0.29, 0.717) is 22.2 Å². The monoisotopic (exact) mass is 290 g/mol. The third kappa shape index (κ3) is 4.82. The first-order valence-electron chi connectivity index (χ1n) is 5.46. The van der Waals surface area contributed by atoms with E-state index in [1.807, 2.05) is 19.0 Å². The van der Waals surface area contributed by atoms with Crippen molar-refractivity contribution in [2.75, 3.05) is 27.2 Å². The molecule has 0 aliphatic rings. The number of carbonyl (C=O) groups excluding carboxylic acids is 1. The Bertz CT molecular complexity index is 425. The number of hydrogen-bond donors (Lipinski definition) is 2. The van der Waals surface area contributed by atoms with Crippen molar-refractivity contribution in [1.82, 2.24) is 10.2 Å². The summed E-state index contributed by atoms with van der Waals surface area (Å²) in [4.78, 5) is 13.6. The molecule has 1 amide bonds. The molecule has 1 rings (SSSR count). The lowest BCUT2D eigenvalue weighted by atomic mass is 10.2. The van der Waals surface area contributed by atoms with Crippen LogP contribution in [0.2, 0.25) is 10.0 Å². The maximum Gasteiger partial charge on any atom is 0.251 e. The highest BCUT2D eigenvalue weighted by atomic mass is 35.5. The molecule has 0 aromatic heterocycles. The Labute approximate surface area is 116 Å². The highest BCUT2D eigenvalue weighted by Crippen LogP contribution is 2.22. The lowest BCUT2D eigenvalue weighted by molar-refractivity contribution is 0.0892. The summed E-state index contributed by atoms with van der Waals surface area (Å²) in [6.45, 7) is 0.679. The van der Waals surface area contributed by atoms with Gasteiger partial charge in [-0.25, -0.2) is 0 Å². The molecule has 0 aliphatic carbocycles. The first kappa shape index (κ1) is 15.2. The van der Waals surface area contributed by atoms with E-state index in [2.05, 4.69) is 5.32 Å². The van der Waals surface area contributed by atoms with E-state index in [0.717, 1.165) is 0 Å². The van der Waals surface area contributed by atoms with Gasteiger partial charge in [-0.1, -0.05) is 23.2 Å². The smallest absolute Gasteiger partial charge is 0.251 e. The van der Waals surface area contributed by atoms with Gasteiger partial charge in [0.1, 0.15) is 0 Å². The lowest BCUT2D eigenvalue weighted by Gasteiger charge is -2.16. The number of amides is 1. The lowest BCUT2D eigenvalue weighted by Crippen LogP contribution is -2.37. The first-order valence-corrected chi connectivity index (χ1v) is 6.21. The van der Waals surface area contributed by atoms with Crippen LogP contribution in [0.15, 0.2) is 18.2 Å². The second-order valence-electron chi connectivity index (χ2n) is 4.25. The Morgan fingerprint density at radius 1 is 1.39 bits per heavy atom. The Morgan fingerprint density at radius 2 is 2.06 bits per heavy atom. The van der Waals surface area contributed by atoms with Gasteiger partial charge >= 0.3 is 0 Å². The molecule has 0 aliphatic heterocycles. The Hall–Kier alpha value is -0.810. The van der Waals surface area contributed by atoms with Crippen LogP contribution >= 0.6 is 23.2 Å². The van der Waals surface area contributed by atoms with E-state index < -0.39 is 6.10 Å². The average molecular weight is 291 g/mol. The van der Waals surface area contributed by atoms with Gasteiger partial charge in [0.15, 0.2) is 0 Å². The van der Waals surface area contributed by atoms with Crippen LogP contribution in [-0.4, -0.2) is 49.2 Å². The highest BCUT2D eigenvalue weighted by Gasteiger charge is 2.11. The van der Waals surface area contributed by atoms with Crippen molar-refractivity contribution in [3.63, 3.8) is 0 Å². The molecular weight excluding hydrogens is 275 g/mol. The number of hydrogen-bond acceptors (Lipinski definition) is 3. The quantitative estimate of drug-likeness (QED) is 0.867. The molecular formula is C12H16Cl2N2O2. The molecule has 0 fully saturated rings. The second kappa shape index (κ2) is 6.95. The van der Waals surface area contributed by atoms with Gasteiger partial charge in [0.25, 0.3) is 5.91 Å². The van der Waals surface area contributed by atoms with E-state index in [4.69, 9.17) is 23.2 Å². The number of halogens is 2. The minimum Gasteiger partial charge on any atom is -0.390 e. The Kier molecular flexibility index (Phi) is 5.88. The Balaban J connectivity index is 2.52. The molecule has 0 bridgehead atoms. The maximum atomic E-state index is 11.8. The normalized spacial score (nSPS) is 12.6. The fourth-order valence-corrected chi connectivity index (χ4v) is 1.73. The summed E-state index contributed by atoms with van der Waals surface area (Å²) in [7, 11) is 3.70. The molecule has 2 N–H and O–H groups in total. The van der Waals surface area contributed by atoms with Gasteiger partial charge < -0.3 is 15.3 Å². The highest BCUT2D eigenvalue weighted by molar-refractivity contribution is 6.42. The van der Waals surface area contributed by atoms with Gasteiger partial charge in [-0.2, -0.15) is 0 Å². The summed E-state index contributed by atoms with van der Waals surface area (Å²) in [5, 5.41) is 13.0. The van der Waals surface area contributed by atoms with Crippen molar-refractivity contribution in [2.45, 2.75) is 6.10 Å². The number of aliphatic hydroxyl groups is 1. The van der Waals surface area contributed by atoms with Crippen molar-refractivity contribution >= 4 is 29.1 Å². The molecule has 1 atom stereocenters. The molecule has 18 heavy (non-hydrogen) atoms. The van der Waals surface area contributed by atoms with Crippen LogP contribution < -0.4 is 5.32 Å². The summed E-state index contributed by atoms with van der Waals surface area (Å²) in [6, 6.07) is 4.65. The van der Waals surface area contributed by atoms with Crippen LogP contribution in [0.1, 0.15) is 10.4 Å². The van der Waals surface area contributed by atoms with Crippen LogP contribution in [0.4, 0.5) is 0 Å². The zero-order chi connectivity index (χ0) is 13.7. The summed E-state index contributed by atoms with van der Waals surface area (Å²) in [5.74, 6) is -0.286. The average Bonchev–Trinajstić information content (AvgIpc) is 2.28. The number of nitrogens with zero attached hydrogens (tertiary/aromatic N) is 1. The number of carbonyl (C=O) groups is 1. The predicted octanol–water partition coefficient (Wildman–Crippen LogP) is 1.65. The van der Waals surface area contributed by atoms with Gasteiger partial charge in [0.2, 0.25) is 0 Å². The molecule has 0 saturated heterocycles. The standard InChI is InChI=1S/C12H16Cl2N2O2/c1-16(2)7-9(17)6-15-12(18)8-3-4-10(13)11(14)5-8/h3-5,9,17H,6-7H2,1-2H3,(H,15,18). The molecule has 0 radical (unpaired) electrons. The fourth-order valence-electron chi connectivity index (χ4n) is 1.44. The van der Waals surface area contributed by atoms with Gasteiger partial charge in [-0.3, -0.25) is 4.79 Å². The molecule has 1 aromatic carbocycles. The summed E-state index contributed by atoms with van der Waals surface area (Å²) in [6.07, 6.45) is -0.605. The molecule has 1 unspecified atom stereocenters. The third-order valence-corrected chi connectivity index (χ3v) is 2.99. The van der Waals surface area contributed by atoms with E-state index in [-0.39, 0.29) is 12.5 Å². The largest absolute Gasteiger partial charge is 0.390 e. The fraction of sp³-hybridized carbons (Fsp3) is 0.417. The van der Waals surface area contributed by atoms with E-state index >= 15 is 0 Å². The minimum absolute atomic E-state index is 0.192. The first-order chi connectivity index (χ1) is 8.40. The maximum absolute atomic E-state index is 11.8. The van der Waals surface area contributed by atoms with Gasteiger partial charge in [-0.15, -0.1) is 0 Å². The summed E-state index contributed by atoms with van der Waals surface area (Å²) >= 11 is 11.6. The predicted molar refractivity (Wildman–Crippen MR) is 73.4 cm³/mol. The molecule has 0 heterocycles. The van der Waals surface area contributed by atoms with Crippen molar-refractivity contribution in [3.8, 4) is 0 Å². The molecule has 6 heteroatoms. The van der Waals surface area contributed by atoms with Crippen LogP contribution in [0, 0.1) is 0 Å². The molecule has 0 saturated carbocycles. The SMILES string of the molecule is CN(C)CC(O)CNC(=O)c1ccc(Cl)c(Cl)c1. The summed E-state index contributed by atoms with van der Waals surface area (Å²) in [5.41, 5.74) is 0.418. The van der Waals surface area contributed by atoms with Crippen molar-refractivity contribution in [1.29, 1.82) is 0 Å². The Morgan fingerprint density at radius 3 is 2.61 bits per heavy atom. The second-order valence-corrected chi connectivity index (χ2v) is 5.07. The topological polar surface area (TPSA) is 52.6 Å². The van der Waals surface area contributed by atoms with Gasteiger partial charge in [0, 0.05) is 18.7 Å². The van der Waals surface area contributed by atoms with Gasteiger partial charge in [0.05, 0.1) is 16.1 Å². The zero-order valence-corrected chi connectivity index (χ0v) is 11.8. The van der Waals surface area contributed by atoms with Crippen LogP contribution in [-0.2, 0) is 0 Å². The third-order valence-electron chi connectivity index (χ3n) is 2.26. The number of nitrogens with one attached hydrogen (secondary N) is 1. The molecule has 4 nitrogen and oxygen atoms in total. The summed E-state index contributed by atoms with van der Waals surface area (Å²) < 4.78 is 0. The van der Waals surface area contributed by atoms with Gasteiger partial charge in [-0.05, 0) is 32.3 Å². The number of rotatable bonds is 5. The van der Waals surface area contributed by atoms with E-state index in [9.17, 15) is 9.90 Å². The number of benzene rings is 1. The zero-order valence-electron chi connectivity index (χ0n) is 10.3. The van der Waals surface area contributed by atoms with Crippen LogP contribution in [0.25, 0.3) is 0 Å². The number of aliphatic hydroxyl groups excluding tert-OH is 1. The van der Waals surface area contributed by atoms with E-state index in [1.165, 1.54) is 6.07 Å². The van der Waals surface area contributed by atoms with Crippen molar-refractivity contribution in [3.05, 3.63) is 33.8 Å². The minimum atomic E-state index is -0.605. The van der Waals surface area contributed by atoms with E-state index in [1.54, 1.807) is 12.1 Å². The molecule has 0 spiro atoms.